The molecule has 2 aliphatic carbocycles. The molecule has 0 saturated heterocycles. The van der Waals surface area contributed by atoms with Crippen molar-refractivity contribution in [3.8, 4) is 0 Å². The Balaban J connectivity index is 1.42. The predicted octanol–water partition coefficient (Wildman–Crippen LogP) is 11.4. The van der Waals surface area contributed by atoms with Crippen LogP contribution in [0.1, 0.15) is 72.3 Å². The van der Waals surface area contributed by atoms with Gasteiger partial charge in [-0.1, -0.05) is 134 Å². The lowest BCUT2D eigenvalue weighted by atomic mass is 9.86. The second kappa shape index (κ2) is 16.4. The van der Waals surface area contributed by atoms with Crippen LogP contribution in [0.4, 0.5) is 0 Å². The highest BCUT2D eigenvalue weighted by molar-refractivity contribution is 8.24. The molecule has 3 aromatic rings. The molecule has 2 aliphatic rings. The maximum Gasteiger partial charge on any atom is 0.224 e. The van der Waals surface area contributed by atoms with Crippen LogP contribution >= 0.6 is 55.1 Å². The number of allylic oxidation sites excluding steroid dienone is 7. The zero-order valence-electron chi connectivity index (χ0n) is 27.8. The van der Waals surface area contributed by atoms with Gasteiger partial charge in [-0.15, -0.1) is 23.5 Å². The Morgan fingerprint density at radius 2 is 1.48 bits per heavy atom. The zero-order chi connectivity index (χ0) is 34.4. The van der Waals surface area contributed by atoms with E-state index in [2.05, 4.69) is 6.08 Å². The average Bonchev–Trinajstić information content (AvgIpc) is 3.09. The molecule has 0 spiro atoms. The van der Waals surface area contributed by atoms with Crippen LogP contribution in [0.2, 0.25) is 0 Å². The van der Waals surface area contributed by atoms with E-state index >= 15 is 4.57 Å². The average molecular weight is 729 g/mol. The summed E-state index contributed by atoms with van der Waals surface area (Å²) in [5.74, 6) is -0.179. The fourth-order valence-electron chi connectivity index (χ4n) is 6.61. The molecule has 248 valence electrons. The lowest BCUT2D eigenvalue weighted by Gasteiger charge is -2.32. The Hall–Kier alpha value is -2.64. The minimum atomic E-state index is -3.99. The van der Waals surface area contributed by atoms with E-state index in [1.165, 1.54) is 5.57 Å². The monoisotopic (exact) mass is 728 g/mol. The van der Waals surface area contributed by atoms with Crippen molar-refractivity contribution in [3.63, 3.8) is 0 Å². The van der Waals surface area contributed by atoms with Crippen molar-refractivity contribution in [2.75, 3.05) is 5.75 Å². The molecule has 0 fully saturated rings. The predicted molar refractivity (Wildman–Crippen MR) is 215 cm³/mol. The number of aliphatic hydroxyl groups is 1. The van der Waals surface area contributed by atoms with Gasteiger partial charge in [-0.3, -0.25) is 4.79 Å². The number of thiocarbonyl (C=S) groups is 2. The molecule has 5 rings (SSSR count). The molecule has 0 saturated carbocycles. The van der Waals surface area contributed by atoms with Crippen LogP contribution < -0.4 is 0 Å². The minimum Gasteiger partial charge on any atom is -0.380 e. The first-order valence-electron chi connectivity index (χ1n) is 16.1. The summed E-state index contributed by atoms with van der Waals surface area (Å²) >= 11 is 14.5. The van der Waals surface area contributed by atoms with Gasteiger partial charge in [0.2, 0.25) is 12.7 Å². The summed E-state index contributed by atoms with van der Waals surface area (Å²) in [6.45, 7) is 7.81. The normalized spacial score (nSPS) is 18.1. The summed E-state index contributed by atoms with van der Waals surface area (Å²) in [4.78, 5) is 14.7. The maximum absolute atomic E-state index is 15.4. The van der Waals surface area contributed by atoms with Crippen LogP contribution in [0.5, 0.6) is 0 Å². The molecule has 8 heteroatoms. The maximum atomic E-state index is 15.4. The molecule has 3 aromatic carbocycles. The number of carbonyl (C=O) groups is 1. The van der Waals surface area contributed by atoms with E-state index in [0.717, 1.165) is 47.5 Å². The standard InChI is InChI=1S/C40H41O3PS4/c1-26-20-30(24-47-39(45)32-14-8-5-9-15-32)21-27(2)35(26)37(41)44(43,34-18-12-7-13-19-34)38(42)36-28(3)22-31(23-29(36)4)25-48-40(46)33-16-10-6-11-17-33/h5-12,14-18,20-22,29,37,41H,13,19,23-25H2,1-4H3. The van der Waals surface area contributed by atoms with Gasteiger partial charge in [0, 0.05) is 17.1 Å². The molecule has 3 nitrogen and oxygen atoms in total. The Morgan fingerprint density at radius 1 is 0.917 bits per heavy atom. The van der Waals surface area contributed by atoms with Crippen molar-refractivity contribution in [2.45, 2.75) is 58.6 Å². The molecule has 0 bridgehead atoms. The van der Waals surface area contributed by atoms with Gasteiger partial charge in [0.25, 0.3) is 0 Å². The van der Waals surface area contributed by atoms with Crippen LogP contribution in [0.3, 0.4) is 0 Å². The van der Waals surface area contributed by atoms with Gasteiger partial charge in [0.05, 0.1) is 8.39 Å². The van der Waals surface area contributed by atoms with Crippen molar-refractivity contribution in [1.82, 2.24) is 0 Å². The molecule has 1 N–H and O–H groups in total. The van der Waals surface area contributed by atoms with Gasteiger partial charge in [0.1, 0.15) is 5.85 Å². The summed E-state index contributed by atoms with van der Waals surface area (Å²) in [6.07, 6.45) is 9.55. The van der Waals surface area contributed by atoms with E-state index < -0.39 is 18.5 Å². The third kappa shape index (κ3) is 8.21. The smallest absolute Gasteiger partial charge is 0.224 e. The highest BCUT2D eigenvalue weighted by Gasteiger charge is 2.47. The number of carbonyl (C=O) groups excluding carboxylic acids is 1. The Bertz CT molecular complexity index is 1870. The van der Waals surface area contributed by atoms with Crippen LogP contribution in [0.25, 0.3) is 0 Å². The first-order valence-corrected chi connectivity index (χ1v) is 20.7. The Labute approximate surface area is 304 Å². The molecule has 0 aliphatic heterocycles. The second-order valence-electron chi connectivity index (χ2n) is 12.5. The topological polar surface area (TPSA) is 54.4 Å². The van der Waals surface area contributed by atoms with Crippen LogP contribution in [-0.2, 0) is 15.1 Å². The molecular formula is C40H41O3PS4. The first kappa shape index (κ1) is 36.6. The number of benzene rings is 3. The minimum absolute atomic E-state index is 0.140. The van der Waals surface area contributed by atoms with Crippen LogP contribution in [0.15, 0.2) is 119 Å². The third-order valence-electron chi connectivity index (χ3n) is 8.89. The van der Waals surface area contributed by atoms with Crippen molar-refractivity contribution < 1.29 is 14.5 Å². The summed E-state index contributed by atoms with van der Waals surface area (Å²) in [5, 5.41) is 12.7. The van der Waals surface area contributed by atoms with Crippen molar-refractivity contribution in [1.29, 1.82) is 0 Å². The molecule has 0 heterocycles. The first-order chi connectivity index (χ1) is 23.0. The Morgan fingerprint density at radius 3 is 2.00 bits per heavy atom. The SMILES string of the molecule is CC1=C(C(=O)P(=O)(C2=CC=CCC2)C(O)c2c(C)cc(CSC(=S)c3ccccc3)cc2C)C(C)CC(CSC(=S)c2ccccc2)=C1. The van der Waals surface area contributed by atoms with E-state index in [4.69, 9.17) is 24.4 Å². The quantitative estimate of drug-likeness (QED) is 0.156. The molecular weight excluding hydrogens is 688 g/mol. The second-order valence-corrected chi connectivity index (χ2v) is 18.6. The van der Waals surface area contributed by atoms with Crippen LogP contribution in [0, 0.1) is 19.8 Å². The van der Waals surface area contributed by atoms with E-state index in [1.54, 1.807) is 29.6 Å². The number of aliphatic hydroxyl groups excluding tert-OH is 1. The lowest BCUT2D eigenvalue weighted by molar-refractivity contribution is -0.109. The van der Waals surface area contributed by atoms with E-state index in [9.17, 15) is 9.90 Å². The summed E-state index contributed by atoms with van der Waals surface area (Å²) in [6, 6.07) is 24.0. The number of hydrogen-bond donors (Lipinski definition) is 1. The Kier molecular flexibility index (Phi) is 12.5. The van der Waals surface area contributed by atoms with Gasteiger partial charge < -0.3 is 9.67 Å². The number of thioether (sulfide) groups is 2. The fraction of sp³-hybridized carbons (Fsp3) is 0.275. The van der Waals surface area contributed by atoms with Crippen molar-refractivity contribution in [2.24, 2.45) is 5.92 Å². The number of hydrogen-bond acceptors (Lipinski definition) is 7. The molecule has 0 amide bonds. The summed E-state index contributed by atoms with van der Waals surface area (Å²) in [5.41, 5.74) is 7.47. The molecule has 0 radical (unpaired) electrons. The summed E-state index contributed by atoms with van der Waals surface area (Å²) < 4.78 is 17.0. The highest BCUT2D eigenvalue weighted by atomic mass is 32.2. The van der Waals surface area contributed by atoms with Gasteiger partial charge >= 0.3 is 0 Å². The molecule has 48 heavy (non-hydrogen) atoms. The van der Waals surface area contributed by atoms with Gasteiger partial charge in [0.15, 0.2) is 0 Å². The molecule has 0 aromatic heterocycles. The highest BCUT2D eigenvalue weighted by Crippen LogP contribution is 2.68. The van der Waals surface area contributed by atoms with Crippen molar-refractivity contribution >= 4 is 69.0 Å². The van der Waals surface area contributed by atoms with Crippen molar-refractivity contribution in [3.05, 3.63) is 153 Å². The van der Waals surface area contributed by atoms with E-state index in [1.807, 2.05) is 113 Å². The fourth-order valence-corrected chi connectivity index (χ4v) is 11.9. The van der Waals surface area contributed by atoms with Gasteiger partial charge in [-0.25, -0.2) is 0 Å². The van der Waals surface area contributed by atoms with Crippen LogP contribution in [-0.4, -0.2) is 24.8 Å². The summed E-state index contributed by atoms with van der Waals surface area (Å²) in [7, 11) is -3.99. The largest absolute Gasteiger partial charge is 0.380 e. The molecule has 3 atom stereocenters. The lowest BCUT2D eigenvalue weighted by Crippen LogP contribution is -2.21. The number of aryl methyl sites for hydroxylation is 2. The molecule has 3 unspecified atom stereocenters. The third-order valence-corrected chi connectivity index (χ3v) is 15.1. The van der Waals surface area contributed by atoms with Gasteiger partial charge in [-0.05, 0) is 90.2 Å². The van der Waals surface area contributed by atoms with Gasteiger partial charge in [-0.2, -0.15) is 0 Å². The van der Waals surface area contributed by atoms with E-state index in [-0.39, 0.29) is 5.92 Å². The van der Waals surface area contributed by atoms with E-state index in [0.29, 0.717) is 41.5 Å². The number of rotatable bonds is 11. The zero-order valence-corrected chi connectivity index (χ0v) is 31.9.